The monoisotopic (exact) mass is 470 g/mol. The molecule has 3 N–H and O–H groups in total. The molecule has 3 aromatic carbocycles. The lowest BCUT2D eigenvalue weighted by atomic mass is 9.87. The quantitative estimate of drug-likeness (QED) is 0.433. The van der Waals surface area contributed by atoms with Crippen molar-refractivity contribution in [3.8, 4) is 0 Å². The van der Waals surface area contributed by atoms with Crippen molar-refractivity contribution in [2.45, 2.75) is 50.1 Å². The molecular formula is C29H30N2O4. The molecule has 6 nitrogen and oxygen atoms in total. The summed E-state index contributed by atoms with van der Waals surface area (Å²) >= 11 is 0. The zero-order valence-corrected chi connectivity index (χ0v) is 19.5. The molecule has 0 bridgehead atoms. The van der Waals surface area contributed by atoms with Crippen LogP contribution in [0.25, 0.3) is 0 Å². The molecule has 0 aliphatic heterocycles. The number of amides is 2. The first kappa shape index (κ1) is 24.2. The first-order valence-electron chi connectivity index (χ1n) is 12.0. The summed E-state index contributed by atoms with van der Waals surface area (Å²) in [5.41, 5.74) is 3.90. The van der Waals surface area contributed by atoms with Gasteiger partial charge in [-0.3, -0.25) is 14.4 Å². The minimum atomic E-state index is -1.01. The Balaban J connectivity index is 1.56. The van der Waals surface area contributed by atoms with Crippen molar-refractivity contribution in [1.29, 1.82) is 0 Å². The Kier molecular flexibility index (Phi) is 7.93. The molecular weight excluding hydrogens is 440 g/mol. The van der Waals surface area contributed by atoms with Gasteiger partial charge in [0.25, 0.3) is 0 Å². The number of rotatable bonds is 9. The molecule has 4 rings (SSSR count). The van der Waals surface area contributed by atoms with Crippen molar-refractivity contribution in [3.05, 3.63) is 107 Å². The van der Waals surface area contributed by atoms with Gasteiger partial charge in [-0.25, -0.2) is 0 Å². The zero-order chi connectivity index (χ0) is 24.6. The van der Waals surface area contributed by atoms with Crippen LogP contribution in [0.2, 0.25) is 0 Å². The van der Waals surface area contributed by atoms with Gasteiger partial charge in [0, 0.05) is 6.42 Å². The summed E-state index contributed by atoms with van der Waals surface area (Å²) in [6.07, 6.45) is 2.52. The number of nitrogens with one attached hydrogen (secondary N) is 2. The largest absolute Gasteiger partial charge is 0.481 e. The first-order chi connectivity index (χ1) is 17.0. The molecule has 2 atom stereocenters. The van der Waals surface area contributed by atoms with Crippen molar-refractivity contribution in [2.24, 2.45) is 0 Å². The van der Waals surface area contributed by atoms with E-state index in [2.05, 4.69) is 16.7 Å². The van der Waals surface area contributed by atoms with Gasteiger partial charge < -0.3 is 15.7 Å². The Morgan fingerprint density at radius 2 is 1.43 bits per heavy atom. The lowest BCUT2D eigenvalue weighted by Crippen LogP contribution is -2.49. The number of carbonyl (C=O) groups is 3. The van der Waals surface area contributed by atoms with Crippen molar-refractivity contribution in [2.75, 3.05) is 0 Å². The normalized spacial score (nSPS) is 15.6. The lowest BCUT2D eigenvalue weighted by Gasteiger charge is -2.29. The Labute approximate surface area is 205 Å². The Morgan fingerprint density at radius 1 is 0.829 bits per heavy atom. The highest BCUT2D eigenvalue weighted by molar-refractivity contribution is 5.92. The van der Waals surface area contributed by atoms with Gasteiger partial charge in [-0.2, -0.15) is 0 Å². The van der Waals surface area contributed by atoms with E-state index in [4.69, 9.17) is 0 Å². The number of carboxylic acids is 1. The average molecular weight is 471 g/mol. The van der Waals surface area contributed by atoms with Gasteiger partial charge in [0.1, 0.15) is 6.04 Å². The maximum Gasteiger partial charge on any atom is 0.303 e. The van der Waals surface area contributed by atoms with Crippen molar-refractivity contribution >= 4 is 17.8 Å². The summed E-state index contributed by atoms with van der Waals surface area (Å²) < 4.78 is 0. The number of hydrogen-bond acceptors (Lipinski definition) is 3. The molecule has 0 fully saturated rings. The van der Waals surface area contributed by atoms with Crippen LogP contribution in [0.3, 0.4) is 0 Å². The number of benzene rings is 3. The summed E-state index contributed by atoms with van der Waals surface area (Å²) in [6.45, 7) is 0. The van der Waals surface area contributed by atoms with Gasteiger partial charge in [-0.05, 0) is 47.9 Å². The molecule has 6 heteroatoms. The molecule has 1 aliphatic rings. The highest BCUT2D eigenvalue weighted by Gasteiger charge is 2.30. The van der Waals surface area contributed by atoms with Crippen LogP contribution in [0.5, 0.6) is 0 Å². The Morgan fingerprint density at radius 3 is 2.06 bits per heavy atom. The summed E-state index contributed by atoms with van der Waals surface area (Å²) in [4.78, 5) is 38.2. The third kappa shape index (κ3) is 6.15. The predicted octanol–water partition coefficient (Wildman–Crippen LogP) is 4.36. The molecule has 2 unspecified atom stereocenters. The number of fused-ring (bicyclic) bond motifs is 1. The van der Waals surface area contributed by atoms with Crippen LogP contribution in [0.15, 0.2) is 84.9 Å². The number of aliphatic carboxylic acids is 1. The molecule has 0 aromatic heterocycles. The van der Waals surface area contributed by atoms with Crippen molar-refractivity contribution < 1.29 is 19.5 Å². The van der Waals surface area contributed by atoms with Gasteiger partial charge in [0.05, 0.1) is 12.0 Å². The second-order valence-corrected chi connectivity index (χ2v) is 8.90. The smallest absolute Gasteiger partial charge is 0.303 e. The summed E-state index contributed by atoms with van der Waals surface area (Å²) in [7, 11) is 0. The molecule has 3 aromatic rings. The maximum atomic E-state index is 13.6. The van der Waals surface area contributed by atoms with Crippen LogP contribution >= 0.6 is 0 Å². The number of hydrogen-bond donors (Lipinski definition) is 3. The highest BCUT2D eigenvalue weighted by atomic mass is 16.4. The zero-order valence-electron chi connectivity index (χ0n) is 19.5. The van der Waals surface area contributed by atoms with E-state index < -0.39 is 17.9 Å². The van der Waals surface area contributed by atoms with E-state index in [9.17, 15) is 19.5 Å². The third-order valence-corrected chi connectivity index (χ3v) is 6.49. The fourth-order valence-corrected chi connectivity index (χ4v) is 4.75. The van der Waals surface area contributed by atoms with Crippen LogP contribution in [0, 0.1) is 0 Å². The summed E-state index contributed by atoms with van der Waals surface area (Å²) in [5.74, 6) is -2.33. The lowest BCUT2D eigenvalue weighted by molar-refractivity contribution is -0.138. The fraction of sp³-hybridized carbons (Fsp3) is 0.276. The molecule has 180 valence electrons. The number of carboxylic acid groups (broad SMARTS) is 1. The third-order valence-electron chi connectivity index (χ3n) is 6.49. The SMILES string of the molecule is O=C(O)CCC(NC(=O)C(c1ccccc1)c1ccccc1)C(=O)NC1CCCc2ccccc21. The van der Waals surface area contributed by atoms with E-state index in [1.54, 1.807) is 0 Å². The minimum absolute atomic E-state index is 0.0115. The molecule has 1 aliphatic carbocycles. The van der Waals surface area contributed by atoms with Crippen LogP contribution in [-0.2, 0) is 20.8 Å². The summed E-state index contributed by atoms with van der Waals surface area (Å²) in [5, 5.41) is 15.2. The van der Waals surface area contributed by atoms with Crippen LogP contribution in [-0.4, -0.2) is 28.9 Å². The standard InChI is InChI=1S/C29H30N2O4/c32-26(33)19-18-25(28(34)30-24-17-9-15-20-10-7-8-16-23(20)24)31-29(35)27(21-11-3-1-4-12-21)22-13-5-2-6-14-22/h1-8,10-14,16,24-25,27H,9,15,17-19H2,(H,30,34)(H,31,35)(H,32,33). The predicted molar refractivity (Wildman–Crippen MR) is 134 cm³/mol. The second-order valence-electron chi connectivity index (χ2n) is 8.90. The maximum absolute atomic E-state index is 13.6. The Bertz CT molecular complexity index is 1120. The highest BCUT2D eigenvalue weighted by Crippen LogP contribution is 2.30. The molecule has 0 heterocycles. The number of aryl methyl sites for hydroxylation is 1. The molecule has 0 radical (unpaired) electrons. The van der Waals surface area contributed by atoms with Gasteiger partial charge in [-0.15, -0.1) is 0 Å². The molecule has 0 saturated carbocycles. The number of carbonyl (C=O) groups excluding carboxylic acids is 2. The van der Waals surface area contributed by atoms with Crippen molar-refractivity contribution in [3.63, 3.8) is 0 Å². The van der Waals surface area contributed by atoms with E-state index in [1.165, 1.54) is 5.56 Å². The molecule has 0 saturated heterocycles. The van der Waals surface area contributed by atoms with E-state index in [1.807, 2.05) is 78.9 Å². The molecule has 0 spiro atoms. The van der Waals surface area contributed by atoms with Crippen LogP contribution < -0.4 is 10.6 Å². The van der Waals surface area contributed by atoms with Gasteiger partial charge in [0.15, 0.2) is 0 Å². The van der Waals surface area contributed by atoms with Gasteiger partial charge >= 0.3 is 5.97 Å². The van der Waals surface area contributed by atoms with E-state index >= 15 is 0 Å². The van der Waals surface area contributed by atoms with Crippen LogP contribution in [0.4, 0.5) is 0 Å². The minimum Gasteiger partial charge on any atom is -0.481 e. The second kappa shape index (κ2) is 11.5. The van der Waals surface area contributed by atoms with E-state index in [0.717, 1.165) is 36.0 Å². The Hall–Kier alpha value is -3.93. The van der Waals surface area contributed by atoms with Gasteiger partial charge in [0.2, 0.25) is 11.8 Å². The fourth-order valence-electron chi connectivity index (χ4n) is 4.75. The molecule has 35 heavy (non-hydrogen) atoms. The van der Waals surface area contributed by atoms with E-state index in [0.29, 0.717) is 0 Å². The average Bonchev–Trinajstić information content (AvgIpc) is 2.88. The van der Waals surface area contributed by atoms with Crippen molar-refractivity contribution in [1.82, 2.24) is 10.6 Å². The summed E-state index contributed by atoms with van der Waals surface area (Å²) in [6, 6.07) is 25.7. The van der Waals surface area contributed by atoms with E-state index in [-0.39, 0.29) is 30.7 Å². The van der Waals surface area contributed by atoms with Crippen LogP contribution in [0.1, 0.15) is 59.9 Å². The molecule has 2 amide bonds. The topological polar surface area (TPSA) is 95.5 Å². The van der Waals surface area contributed by atoms with Gasteiger partial charge in [-0.1, -0.05) is 84.9 Å². The first-order valence-corrected chi connectivity index (χ1v) is 12.0.